The molecule has 0 saturated carbocycles. The highest BCUT2D eigenvalue weighted by molar-refractivity contribution is 5.28. The van der Waals surface area contributed by atoms with Gasteiger partial charge in [-0.15, -0.1) is 0 Å². The summed E-state index contributed by atoms with van der Waals surface area (Å²) in [6.45, 7) is 6.27. The maximum absolute atomic E-state index is 5.42. The smallest absolute Gasteiger partial charge is 0.0650 e. The minimum atomic E-state index is 0.697. The summed E-state index contributed by atoms with van der Waals surface area (Å²) in [6.07, 6.45) is 4.68. The highest BCUT2D eigenvalue weighted by Gasteiger charge is 2.23. The first-order valence-electron chi connectivity index (χ1n) is 4.69. The molecule has 2 rings (SSSR count). The Morgan fingerprint density at radius 2 is 2.17 bits per heavy atom. The summed E-state index contributed by atoms with van der Waals surface area (Å²) in [5.74, 6) is 0.697. The first kappa shape index (κ1) is 8.06. The molecule has 1 heteroatoms. The molecule has 0 aromatic heterocycles. The van der Waals surface area contributed by atoms with E-state index in [-0.39, 0.29) is 0 Å². The SMILES string of the molecule is CC1=C(C)CC2COCC=C2C1. The molecule has 66 valence electrons. The lowest BCUT2D eigenvalue weighted by atomic mass is 9.80. The van der Waals surface area contributed by atoms with E-state index >= 15 is 0 Å². The topological polar surface area (TPSA) is 9.23 Å². The van der Waals surface area contributed by atoms with Crippen molar-refractivity contribution in [1.29, 1.82) is 0 Å². The van der Waals surface area contributed by atoms with Gasteiger partial charge in [0.15, 0.2) is 0 Å². The molecule has 1 aliphatic carbocycles. The molecular weight excluding hydrogens is 148 g/mol. The fourth-order valence-electron chi connectivity index (χ4n) is 2.06. The van der Waals surface area contributed by atoms with Gasteiger partial charge in [-0.25, -0.2) is 0 Å². The van der Waals surface area contributed by atoms with Gasteiger partial charge < -0.3 is 4.74 Å². The van der Waals surface area contributed by atoms with Gasteiger partial charge in [0, 0.05) is 5.92 Å². The molecule has 0 N–H and O–H groups in total. The predicted molar refractivity (Wildman–Crippen MR) is 50.0 cm³/mol. The largest absolute Gasteiger partial charge is 0.377 e. The van der Waals surface area contributed by atoms with E-state index in [1.165, 1.54) is 12.8 Å². The molecule has 1 nitrogen and oxygen atoms in total. The van der Waals surface area contributed by atoms with Crippen LogP contribution in [0.2, 0.25) is 0 Å². The second-order valence-corrected chi connectivity index (χ2v) is 3.95. The lowest BCUT2D eigenvalue weighted by Crippen LogP contribution is -2.21. The van der Waals surface area contributed by atoms with Crippen LogP contribution in [-0.2, 0) is 4.74 Å². The van der Waals surface area contributed by atoms with Crippen molar-refractivity contribution >= 4 is 0 Å². The van der Waals surface area contributed by atoms with Crippen molar-refractivity contribution in [3.8, 4) is 0 Å². The third-order valence-electron chi connectivity index (χ3n) is 3.06. The first-order chi connectivity index (χ1) is 5.77. The maximum Gasteiger partial charge on any atom is 0.0650 e. The van der Waals surface area contributed by atoms with E-state index in [0.717, 1.165) is 13.2 Å². The lowest BCUT2D eigenvalue weighted by molar-refractivity contribution is 0.117. The molecule has 12 heavy (non-hydrogen) atoms. The van der Waals surface area contributed by atoms with E-state index in [1.54, 1.807) is 16.7 Å². The predicted octanol–water partition coefficient (Wildman–Crippen LogP) is 2.69. The summed E-state index contributed by atoms with van der Waals surface area (Å²) >= 11 is 0. The minimum absolute atomic E-state index is 0.697. The van der Waals surface area contributed by atoms with Crippen LogP contribution in [-0.4, -0.2) is 13.2 Å². The van der Waals surface area contributed by atoms with Crippen LogP contribution in [0.3, 0.4) is 0 Å². The number of fused-ring (bicyclic) bond motifs is 1. The zero-order valence-electron chi connectivity index (χ0n) is 7.89. The van der Waals surface area contributed by atoms with Crippen LogP contribution < -0.4 is 0 Å². The molecule has 0 radical (unpaired) electrons. The number of hydrogen-bond acceptors (Lipinski definition) is 1. The molecule has 2 aliphatic rings. The third kappa shape index (κ3) is 1.34. The Bertz CT molecular complexity index is 248. The van der Waals surface area contributed by atoms with Crippen molar-refractivity contribution in [3.63, 3.8) is 0 Å². The molecule has 0 aromatic carbocycles. The van der Waals surface area contributed by atoms with E-state index in [1.807, 2.05) is 0 Å². The van der Waals surface area contributed by atoms with Gasteiger partial charge in [-0.05, 0) is 26.7 Å². The second kappa shape index (κ2) is 3.06. The summed E-state index contributed by atoms with van der Waals surface area (Å²) in [6, 6.07) is 0. The molecule has 0 amide bonds. The monoisotopic (exact) mass is 164 g/mol. The van der Waals surface area contributed by atoms with E-state index < -0.39 is 0 Å². The van der Waals surface area contributed by atoms with Crippen LogP contribution in [0, 0.1) is 5.92 Å². The fourth-order valence-corrected chi connectivity index (χ4v) is 2.06. The zero-order valence-corrected chi connectivity index (χ0v) is 7.89. The average Bonchev–Trinajstić information content (AvgIpc) is 2.07. The summed E-state index contributed by atoms with van der Waals surface area (Å²) in [5, 5.41) is 0. The molecular formula is C11H16O. The Morgan fingerprint density at radius 3 is 3.00 bits per heavy atom. The Morgan fingerprint density at radius 1 is 1.33 bits per heavy atom. The van der Waals surface area contributed by atoms with Gasteiger partial charge in [-0.1, -0.05) is 22.8 Å². The maximum atomic E-state index is 5.42. The van der Waals surface area contributed by atoms with Gasteiger partial charge in [0.2, 0.25) is 0 Å². The van der Waals surface area contributed by atoms with Crippen LogP contribution in [0.4, 0.5) is 0 Å². The number of allylic oxidation sites excluding steroid dienone is 2. The Balaban J connectivity index is 2.23. The Labute approximate surface area is 74.1 Å². The van der Waals surface area contributed by atoms with E-state index in [9.17, 15) is 0 Å². The van der Waals surface area contributed by atoms with Crippen molar-refractivity contribution in [2.24, 2.45) is 5.92 Å². The zero-order chi connectivity index (χ0) is 8.55. The van der Waals surface area contributed by atoms with Crippen molar-refractivity contribution in [1.82, 2.24) is 0 Å². The Hall–Kier alpha value is -0.560. The van der Waals surface area contributed by atoms with Gasteiger partial charge >= 0.3 is 0 Å². The van der Waals surface area contributed by atoms with Crippen LogP contribution in [0.5, 0.6) is 0 Å². The molecule has 0 bridgehead atoms. The molecule has 0 aromatic rings. The van der Waals surface area contributed by atoms with Gasteiger partial charge in [-0.3, -0.25) is 0 Å². The molecule has 0 spiro atoms. The first-order valence-corrected chi connectivity index (χ1v) is 4.69. The standard InChI is InChI=1S/C11H16O/c1-8-5-10-3-4-12-7-11(10)6-9(8)2/h3,11H,4-7H2,1-2H3. The molecule has 0 saturated heterocycles. The molecule has 1 unspecified atom stereocenters. The number of rotatable bonds is 0. The number of ether oxygens (including phenoxy) is 1. The van der Waals surface area contributed by atoms with Crippen molar-refractivity contribution in [3.05, 3.63) is 22.8 Å². The van der Waals surface area contributed by atoms with Crippen LogP contribution in [0.25, 0.3) is 0 Å². The van der Waals surface area contributed by atoms with Gasteiger partial charge in [0.25, 0.3) is 0 Å². The fraction of sp³-hybridized carbons (Fsp3) is 0.636. The van der Waals surface area contributed by atoms with Crippen molar-refractivity contribution in [2.75, 3.05) is 13.2 Å². The van der Waals surface area contributed by atoms with E-state index in [0.29, 0.717) is 5.92 Å². The number of hydrogen-bond donors (Lipinski definition) is 0. The highest BCUT2D eigenvalue weighted by atomic mass is 16.5. The summed E-state index contributed by atoms with van der Waals surface area (Å²) in [4.78, 5) is 0. The van der Waals surface area contributed by atoms with Crippen LogP contribution in [0.15, 0.2) is 22.8 Å². The molecule has 1 aliphatic heterocycles. The minimum Gasteiger partial charge on any atom is -0.377 e. The van der Waals surface area contributed by atoms with Gasteiger partial charge in [0.05, 0.1) is 13.2 Å². The summed E-state index contributed by atoms with van der Waals surface area (Å²) < 4.78 is 5.42. The lowest BCUT2D eigenvalue weighted by Gasteiger charge is -2.30. The molecule has 0 fully saturated rings. The van der Waals surface area contributed by atoms with E-state index in [2.05, 4.69) is 19.9 Å². The summed E-state index contributed by atoms with van der Waals surface area (Å²) in [7, 11) is 0. The second-order valence-electron chi connectivity index (χ2n) is 3.95. The van der Waals surface area contributed by atoms with Crippen molar-refractivity contribution < 1.29 is 4.74 Å². The highest BCUT2D eigenvalue weighted by Crippen LogP contribution is 2.34. The molecule has 1 atom stereocenters. The van der Waals surface area contributed by atoms with Crippen LogP contribution in [0.1, 0.15) is 26.7 Å². The Kier molecular flexibility index (Phi) is 2.05. The summed E-state index contributed by atoms with van der Waals surface area (Å²) in [5.41, 5.74) is 4.76. The van der Waals surface area contributed by atoms with Gasteiger partial charge in [0.1, 0.15) is 0 Å². The van der Waals surface area contributed by atoms with E-state index in [4.69, 9.17) is 4.74 Å². The average molecular weight is 164 g/mol. The van der Waals surface area contributed by atoms with Crippen LogP contribution >= 0.6 is 0 Å². The molecule has 1 heterocycles. The van der Waals surface area contributed by atoms with Gasteiger partial charge in [-0.2, -0.15) is 0 Å². The third-order valence-corrected chi connectivity index (χ3v) is 3.06. The quantitative estimate of drug-likeness (QED) is 0.500. The normalized spacial score (nSPS) is 29.8. The van der Waals surface area contributed by atoms with Crippen molar-refractivity contribution in [2.45, 2.75) is 26.7 Å².